The van der Waals surface area contributed by atoms with Crippen LogP contribution in [0, 0.1) is 20.2 Å². The Hall–Kier alpha value is -2.09. The molecule has 0 bridgehead atoms. The van der Waals surface area contributed by atoms with Gasteiger partial charge in [0.2, 0.25) is 0 Å². The van der Waals surface area contributed by atoms with Crippen LogP contribution in [0.25, 0.3) is 6.08 Å². The van der Waals surface area contributed by atoms with Crippen LogP contribution in [-0.4, -0.2) is 15.6 Å². The maximum atomic E-state index is 10.7. The summed E-state index contributed by atoms with van der Waals surface area (Å²) in [5, 5.41) is 20.7. The van der Waals surface area contributed by atoms with Crippen LogP contribution in [0.15, 0.2) is 12.1 Å². The molecular formula is C8H6N2O5S. The number of nitro groups is 2. The molecule has 0 spiro atoms. The second-order valence-corrected chi connectivity index (χ2v) is 3.85. The van der Waals surface area contributed by atoms with Gasteiger partial charge in [-0.05, 0) is 19.1 Å². The number of hydrogen-bond donors (Lipinski definition) is 0. The molecule has 7 nitrogen and oxygen atoms in total. The van der Waals surface area contributed by atoms with E-state index in [0.717, 1.165) is 12.1 Å². The lowest BCUT2D eigenvalue weighted by Gasteiger charge is -1.86. The molecule has 0 radical (unpaired) electrons. The van der Waals surface area contributed by atoms with Crippen LogP contribution in [0.4, 0.5) is 10.7 Å². The average molecular weight is 242 g/mol. The highest BCUT2D eigenvalue weighted by molar-refractivity contribution is 7.16. The van der Waals surface area contributed by atoms with Crippen molar-refractivity contribution in [2.45, 2.75) is 6.92 Å². The van der Waals surface area contributed by atoms with Gasteiger partial charge in [-0.15, -0.1) is 0 Å². The molecule has 0 saturated heterocycles. The van der Waals surface area contributed by atoms with Crippen LogP contribution in [0.1, 0.15) is 11.8 Å². The Balaban J connectivity index is 3.20. The second kappa shape index (κ2) is 4.62. The maximum Gasteiger partial charge on any atom is 0.331 e. The number of carbonyl (C=O) groups excluding carboxylic acids is 1. The Kier molecular flexibility index (Phi) is 3.46. The molecule has 0 atom stereocenters. The van der Waals surface area contributed by atoms with Crippen LogP contribution in [0.3, 0.4) is 0 Å². The zero-order valence-electron chi connectivity index (χ0n) is 8.08. The number of ketones is 1. The molecular weight excluding hydrogens is 236 g/mol. The van der Waals surface area contributed by atoms with E-state index in [1.54, 1.807) is 0 Å². The number of carbonyl (C=O) groups is 1. The summed E-state index contributed by atoms with van der Waals surface area (Å²) in [5.41, 5.74) is -0.366. The summed E-state index contributed by atoms with van der Waals surface area (Å²) in [7, 11) is 0. The SMILES string of the molecule is CC(=O)C=Cc1sc([N+](=O)[O-])cc1[N+](=O)[O-]. The molecule has 1 aromatic rings. The topological polar surface area (TPSA) is 103 Å². The fourth-order valence-electron chi connectivity index (χ4n) is 0.928. The van der Waals surface area contributed by atoms with Gasteiger partial charge in [-0.25, -0.2) is 0 Å². The van der Waals surface area contributed by atoms with Gasteiger partial charge >= 0.3 is 5.00 Å². The molecule has 0 N–H and O–H groups in total. The van der Waals surface area contributed by atoms with Crippen molar-refractivity contribution in [3.05, 3.63) is 37.2 Å². The van der Waals surface area contributed by atoms with E-state index >= 15 is 0 Å². The Morgan fingerprint density at radius 2 is 2.00 bits per heavy atom. The summed E-state index contributed by atoms with van der Waals surface area (Å²) in [4.78, 5) is 30.3. The van der Waals surface area contributed by atoms with E-state index in [-0.39, 0.29) is 21.3 Å². The molecule has 16 heavy (non-hydrogen) atoms. The molecule has 8 heteroatoms. The second-order valence-electron chi connectivity index (χ2n) is 2.79. The Bertz CT molecular complexity index is 491. The minimum atomic E-state index is -0.719. The number of thiophene rings is 1. The van der Waals surface area contributed by atoms with Crippen molar-refractivity contribution >= 4 is 33.9 Å². The van der Waals surface area contributed by atoms with E-state index in [4.69, 9.17) is 0 Å². The van der Waals surface area contributed by atoms with Crippen molar-refractivity contribution in [2.24, 2.45) is 0 Å². The fourth-order valence-corrected chi connectivity index (χ4v) is 1.77. The lowest BCUT2D eigenvalue weighted by atomic mass is 10.3. The molecule has 0 unspecified atom stereocenters. The van der Waals surface area contributed by atoms with Crippen LogP contribution in [0.2, 0.25) is 0 Å². The predicted molar refractivity (Wildman–Crippen MR) is 57.3 cm³/mol. The Morgan fingerprint density at radius 1 is 1.38 bits per heavy atom. The zero-order valence-corrected chi connectivity index (χ0v) is 8.89. The van der Waals surface area contributed by atoms with E-state index in [2.05, 4.69) is 0 Å². The summed E-state index contributed by atoms with van der Waals surface area (Å²) < 4.78 is 0. The highest BCUT2D eigenvalue weighted by Crippen LogP contribution is 2.35. The summed E-state index contributed by atoms with van der Waals surface area (Å²) in [6, 6.07) is 0.879. The van der Waals surface area contributed by atoms with E-state index in [0.29, 0.717) is 11.3 Å². The van der Waals surface area contributed by atoms with Gasteiger partial charge in [0.15, 0.2) is 5.78 Å². The highest BCUT2D eigenvalue weighted by atomic mass is 32.1. The van der Waals surface area contributed by atoms with Gasteiger partial charge in [-0.3, -0.25) is 25.0 Å². The van der Waals surface area contributed by atoms with Gasteiger partial charge in [-0.2, -0.15) is 0 Å². The van der Waals surface area contributed by atoms with E-state index in [9.17, 15) is 25.0 Å². The minimum Gasteiger partial charge on any atom is -0.295 e. The van der Waals surface area contributed by atoms with Crippen molar-refractivity contribution in [2.75, 3.05) is 0 Å². The molecule has 1 heterocycles. The molecule has 1 rings (SSSR count). The molecule has 0 aliphatic heterocycles. The molecule has 0 saturated carbocycles. The first kappa shape index (κ1) is 12.0. The third-order valence-corrected chi connectivity index (χ3v) is 2.61. The molecule has 1 aromatic heterocycles. The van der Waals surface area contributed by atoms with Crippen molar-refractivity contribution in [1.82, 2.24) is 0 Å². The van der Waals surface area contributed by atoms with Gasteiger partial charge in [0, 0.05) is 0 Å². The quantitative estimate of drug-likeness (QED) is 0.457. The van der Waals surface area contributed by atoms with Crippen LogP contribution in [0.5, 0.6) is 0 Å². The third kappa shape index (κ3) is 2.70. The molecule has 0 aliphatic rings. The first-order chi connectivity index (χ1) is 7.41. The number of nitrogens with zero attached hydrogens (tertiary/aromatic N) is 2. The molecule has 84 valence electrons. The summed E-state index contributed by atoms with van der Waals surface area (Å²) >= 11 is 0.658. The lowest BCUT2D eigenvalue weighted by molar-refractivity contribution is -0.390. The van der Waals surface area contributed by atoms with Gasteiger partial charge in [-0.1, -0.05) is 11.3 Å². The van der Waals surface area contributed by atoms with Crippen LogP contribution in [-0.2, 0) is 4.79 Å². The smallest absolute Gasteiger partial charge is 0.295 e. The standard InChI is InChI=1S/C8H6N2O5S/c1-5(11)2-3-7-6(9(12)13)4-8(16-7)10(14)15/h2-4H,1H3. The van der Waals surface area contributed by atoms with Crippen LogP contribution >= 0.6 is 11.3 Å². The average Bonchev–Trinajstić information content (AvgIpc) is 2.58. The van der Waals surface area contributed by atoms with Gasteiger partial charge in [0.05, 0.1) is 9.85 Å². The van der Waals surface area contributed by atoms with E-state index < -0.39 is 9.85 Å². The summed E-state index contributed by atoms with van der Waals surface area (Å²) in [6.45, 7) is 1.28. The Morgan fingerprint density at radius 3 is 2.44 bits per heavy atom. The largest absolute Gasteiger partial charge is 0.331 e. The monoisotopic (exact) mass is 242 g/mol. The van der Waals surface area contributed by atoms with E-state index in [1.165, 1.54) is 13.0 Å². The van der Waals surface area contributed by atoms with Crippen molar-refractivity contribution in [1.29, 1.82) is 0 Å². The van der Waals surface area contributed by atoms with Gasteiger partial charge < -0.3 is 0 Å². The molecule has 0 aromatic carbocycles. The van der Waals surface area contributed by atoms with Gasteiger partial charge in [0.25, 0.3) is 5.69 Å². The zero-order chi connectivity index (χ0) is 12.3. The number of allylic oxidation sites excluding steroid dienone is 1. The molecule has 0 fully saturated rings. The minimum absolute atomic E-state index is 0.0897. The maximum absolute atomic E-state index is 10.7. The van der Waals surface area contributed by atoms with Crippen molar-refractivity contribution in [3.63, 3.8) is 0 Å². The highest BCUT2D eigenvalue weighted by Gasteiger charge is 2.23. The normalized spacial score (nSPS) is 10.6. The number of hydrogen-bond acceptors (Lipinski definition) is 6. The first-order valence-corrected chi connectivity index (χ1v) is 4.84. The van der Waals surface area contributed by atoms with E-state index in [1.807, 2.05) is 0 Å². The Labute approximate surface area is 93.3 Å². The number of rotatable bonds is 4. The predicted octanol–water partition coefficient (Wildman–Crippen LogP) is 2.17. The molecule has 0 amide bonds. The first-order valence-electron chi connectivity index (χ1n) is 4.03. The summed E-state index contributed by atoms with van der Waals surface area (Å²) in [6.07, 6.45) is 2.33. The fraction of sp³-hybridized carbons (Fsp3) is 0.125. The lowest BCUT2D eigenvalue weighted by Crippen LogP contribution is -1.87. The van der Waals surface area contributed by atoms with Crippen molar-refractivity contribution in [3.8, 4) is 0 Å². The summed E-state index contributed by atoms with van der Waals surface area (Å²) in [5.74, 6) is -0.287. The molecule has 0 aliphatic carbocycles. The van der Waals surface area contributed by atoms with Gasteiger partial charge in [0.1, 0.15) is 10.9 Å². The van der Waals surface area contributed by atoms with Crippen molar-refractivity contribution < 1.29 is 14.6 Å². The third-order valence-electron chi connectivity index (χ3n) is 1.57. The van der Waals surface area contributed by atoms with Crippen LogP contribution < -0.4 is 0 Å².